The van der Waals surface area contributed by atoms with Gasteiger partial charge in [0.05, 0.1) is 5.92 Å². The molecule has 2 aliphatic rings. The van der Waals surface area contributed by atoms with Crippen LogP contribution in [0.2, 0.25) is 0 Å². The molecule has 24 heavy (non-hydrogen) atoms. The van der Waals surface area contributed by atoms with Gasteiger partial charge in [-0.1, -0.05) is 0 Å². The van der Waals surface area contributed by atoms with E-state index in [2.05, 4.69) is 4.98 Å². The number of hydrogen-bond donors (Lipinski definition) is 1. The van der Waals surface area contributed by atoms with Gasteiger partial charge in [0.1, 0.15) is 6.04 Å². The van der Waals surface area contributed by atoms with Crippen LogP contribution in [0.5, 0.6) is 0 Å². The summed E-state index contributed by atoms with van der Waals surface area (Å²) in [6.45, 7) is 1.46. The normalized spacial score (nSPS) is 24.0. The van der Waals surface area contributed by atoms with E-state index in [0.717, 1.165) is 12.8 Å². The van der Waals surface area contributed by atoms with Crippen LogP contribution in [0.15, 0.2) is 24.5 Å². The van der Waals surface area contributed by atoms with Crippen LogP contribution in [0.3, 0.4) is 0 Å². The third-order valence-corrected chi connectivity index (χ3v) is 4.81. The zero-order valence-corrected chi connectivity index (χ0v) is 13.4. The van der Waals surface area contributed by atoms with Crippen molar-refractivity contribution >= 4 is 17.8 Å². The molecule has 2 fully saturated rings. The molecular formula is C17H21N3O4. The monoisotopic (exact) mass is 331 g/mol. The van der Waals surface area contributed by atoms with Crippen molar-refractivity contribution in [1.29, 1.82) is 0 Å². The fourth-order valence-corrected chi connectivity index (χ4v) is 3.56. The molecule has 128 valence electrons. The molecule has 7 heteroatoms. The molecule has 2 aliphatic heterocycles. The van der Waals surface area contributed by atoms with E-state index in [0.29, 0.717) is 38.0 Å². The van der Waals surface area contributed by atoms with E-state index in [4.69, 9.17) is 0 Å². The topological polar surface area (TPSA) is 90.8 Å². The Morgan fingerprint density at radius 1 is 1.08 bits per heavy atom. The van der Waals surface area contributed by atoms with Crippen LogP contribution in [0, 0.1) is 5.92 Å². The van der Waals surface area contributed by atoms with Crippen molar-refractivity contribution in [3.8, 4) is 0 Å². The number of piperidine rings is 1. The van der Waals surface area contributed by atoms with Crippen molar-refractivity contribution in [3.63, 3.8) is 0 Å². The second kappa shape index (κ2) is 6.98. The van der Waals surface area contributed by atoms with Gasteiger partial charge in [0, 0.05) is 37.6 Å². The molecule has 2 saturated heterocycles. The second-order valence-corrected chi connectivity index (χ2v) is 6.35. The minimum absolute atomic E-state index is 0.105. The molecule has 1 aromatic rings. The van der Waals surface area contributed by atoms with E-state index in [-0.39, 0.29) is 17.7 Å². The Morgan fingerprint density at radius 2 is 1.79 bits per heavy atom. The molecule has 1 N–H and O–H groups in total. The first-order valence-corrected chi connectivity index (χ1v) is 8.30. The molecule has 1 aromatic heterocycles. The fraction of sp³-hybridized carbons (Fsp3) is 0.529. The molecule has 3 heterocycles. The summed E-state index contributed by atoms with van der Waals surface area (Å²) in [4.78, 5) is 43.6. The molecule has 0 radical (unpaired) electrons. The van der Waals surface area contributed by atoms with Gasteiger partial charge in [-0.15, -0.1) is 0 Å². The first-order chi connectivity index (χ1) is 11.6. The van der Waals surface area contributed by atoms with Crippen LogP contribution in [-0.2, 0) is 9.59 Å². The number of aromatic nitrogens is 1. The van der Waals surface area contributed by atoms with Gasteiger partial charge >= 0.3 is 5.97 Å². The van der Waals surface area contributed by atoms with Crippen LogP contribution in [-0.4, -0.2) is 63.4 Å². The Kier molecular flexibility index (Phi) is 4.78. The highest BCUT2D eigenvalue weighted by Gasteiger charge is 2.39. The third kappa shape index (κ3) is 3.25. The molecule has 2 unspecified atom stereocenters. The molecule has 3 rings (SSSR count). The van der Waals surface area contributed by atoms with Gasteiger partial charge in [-0.2, -0.15) is 0 Å². The molecule has 0 spiro atoms. The zero-order valence-electron chi connectivity index (χ0n) is 13.4. The minimum Gasteiger partial charge on any atom is -0.480 e. The number of carboxylic acid groups (broad SMARTS) is 1. The van der Waals surface area contributed by atoms with Gasteiger partial charge in [-0.3, -0.25) is 14.6 Å². The SMILES string of the molecule is O=C(O)C1CCCN1C(=O)C1CCCN(C(=O)c2ccncc2)C1. The fourth-order valence-electron chi connectivity index (χ4n) is 3.56. The van der Waals surface area contributed by atoms with E-state index in [1.54, 1.807) is 29.4 Å². The zero-order chi connectivity index (χ0) is 17.1. The Labute approximate surface area is 140 Å². The highest BCUT2D eigenvalue weighted by molar-refractivity contribution is 5.94. The van der Waals surface area contributed by atoms with E-state index in [1.165, 1.54) is 4.90 Å². The summed E-state index contributed by atoms with van der Waals surface area (Å²) in [6, 6.07) is 2.60. The van der Waals surface area contributed by atoms with E-state index >= 15 is 0 Å². The minimum atomic E-state index is -0.943. The average Bonchev–Trinajstić information content (AvgIpc) is 3.11. The Bertz CT molecular complexity index is 634. The van der Waals surface area contributed by atoms with Gasteiger partial charge in [0.25, 0.3) is 5.91 Å². The first-order valence-electron chi connectivity index (χ1n) is 8.30. The van der Waals surface area contributed by atoms with Crippen LogP contribution >= 0.6 is 0 Å². The summed E-state index contributed by atoms with van der Waals surface area (Å²) in [5, 5.41) is 9.26. The highest BCUT2D eigenvalue weighted by Crippen LogP contribution is 2.25. The number of pyridine rings is 1. The number of aliphatic carboxylic acids is 1. The summed E-state index contributed by atoms with van der Waals surface area (Å²) in [7, 11) is 0. The average molecular weight is 331 g/mol. The van der Waals surface area contributed by atoms with Crippen molar-refractivity contribution < 1.29 is 19.5 Å². The number of likely N-dealkylation sites (tertiary alicyclic amines) is 2. The quantitative estimate of drug-likeness (QED) is 0.892. The summed E-state index contributed by atoms with van der Waals surface area (Å²) >= 11 is 0. The Hall–Kier alpha value is -2.44. The maximum Gasteiger partial charge on any atom is 0.326 e. The number of amides is 2. The maximum atomic E-state index is 12.7. The van der Waals surface area contributed by atoms with Gasteiger partial charge in [0.15, 0.2) is 0 Å². The van der Waals surface area contributed by atoms with Gasteiger partial charge in [-0.25, -0.2) is 4.79 Å². The van der Waals surface area contributed by atoms with Crippen LogP contribution in [0.1, 0.15) is 36.0 Å². The third-order valence-electron chi connectivity index (χ3n) is 4.81. The number of carbonyl (C=O) groups excluding carboxylic acids is 2. The second-order valence-electron chi connectivity index (χ2n) is 6.35. The standard InChI is InChI=1S/C17H21N3O4/c21-15(12-5-7-18-8-6-12)19-9-1-3-13(11-19)16(22)20-10-2-4-14(20)17(23)24/h5-8,13-14H,1-4,9-11H2,(H,23,24). The number of carbonyl (C=O) groups is 3. The largest absolute Gasteiger partial charge is 0.480 e. The lowest BCUT2D eigenvalue weighted by atomic mass is 9.95. The van der Waals surface area contributed by atoms with E-state index in [9.17, 15) is 19.5 Å². The van der Waals surface area contributed by atoms with E-state index < -0.39 is 12.0 Å². The molecule has 0 aromatic carbocycles. The predicted molar refractivity (Wildman–Crippen MR) is 85.2 cm³/mol. The van der Waals surface area contributed by atoms with Crippen LogP contribution < -0.4 is 0 Å². The lowest BCUT2D eigenvalue weighted by Gasteiger charge is -2.35. The lowest BCUT2D eigenvalue weighted by molar-refractivity contribution is -0.150. The number of carboxylic acids is 1. The predicted octanol–water partition coefficient (Wildman–Crippen LogP) is 1.01. The number of nitrogens with zero attached hydrogens (tertiary/aromatic N) is 3. The summed E-state index contributed by atoms with van der Waals surface area (Å²) < 4.78 is 0. The lowest BCUT2D eigenvalue weighted by Crippen LogP contribution is -2.49. The van der Waals surface area contributed by atoms with Crippen molar-refractivity contribution in [2.45, 2.75) is 31.7 Å². The molecule has 2 atom stereocenters. The summed E-state index contributed by atoms with van der Waals surface area (Å²) in [5.74, 6) is -1.50. The van der Waals surface area contributed by atoms with Gasteiger partial charge in [0.2, 0.25) is 5.91 Å². The Morgan fingerprint density at radius 3 is 2.50 bits per heavy atom. The Balaban J connectivity index is 1.68. The van der Waals surface area contributed by atoms with Crippen molar-refractivity contribution in [2.75, 3.05) is 19.6 Å². The number of rotatable bonds is 3. The molecular weight excluding hydrogens is 310 g/mol. The molecule has 0 saturated carbocycles. The van der Waals surface area contributed by atoms with Gasteiger partial charge in [-0.05, 0) is 37.8 Å². The summed E-state index contributed by atoms with van der Waals surface area (Å²) in [6.07, 6.45) is 5.81. The van der Waals surface area contributed by atoms with Gasteiger partial charge < -0.3 is 14.9 Å². The molecule has 0 aliphatic carbocycles. The van der Waals surface area contributed by atoms with Crippen molar-refractivity contribution in [3.05, 3.63) is 30.1 Å². The number of hydrogen-bond acceptors (Lipinski definition) is 4. The smallest absolute Gasteiger partial charge is 0.326 e. The van der Waals surface area contributed by atoms with Crippen LogP contribution in [0.4, 0.5) is 0 Å². The first kappa shape index (κ1) is 16.4. The molecule has 2 amide bonds. The van der Waals surface area contributed by atoms with Crippen LogP contribution in [0.25, 0.3) is 0 Å². The highest BCUT2D eigenvalue weighted by atomic mass is 16.4. The van der Waals surface area contributed by atoms with Crippen molar-refractivity contribution in [1.82, 2.24) is 14.8 Å². The maximum absolute atomic E-state index is 12.7. The van der Waals surface area contributed by atoms with E-state index in [1.807, 2.05) is 0 Å². The van der Waals surface area contributed by atoms with Crippen molar-refractivity contribution in [2.24, 2.45) is 5.92 Å². The molecule has 7 nitrogen and oxygen atoms in total. The summed E-state index contributed by atoms with van der Waals surface area (Å²) in [5.41, 5.74) is 0.558. The molecule has 0 bridgehead atoms.